The Bertz CT molecular complexity index is 639. The van der Waals surface area contributed by atoms with Crippen LogP contribution in [0.3, 0.4) is 0 Å². The van der Waals surface area contributed by atoms with Crippen molar-refractivity contribution in [3.63, 3.8) is 0 Å². The number of benzene rings is 1. The predicted molar refractivity (Wildman–Crippen MR) is 80.0 cm³/mol. The summed E-state index contributed by atoms with van der Waals surface area (Å²) in [4.78, 5) is 4.38. The second-order valence-electron chi connectivity index (χ2n) is 4.14. The molecule has 7 heteroatoms. The maximum atomic E-state index is 12.3. The van der Waals surface area contributed by atoms with E-state index in [1.54, 1.807) is 18.3 Å². The SMILES string of the molecule is CCNCc1ccccc1S(=O)(=O)NCc1nccs1. The molecular weight excluding hydrogens is 294 g/mol. The zero-order valence-corrected chi connectivity index (χ0v) is 12.8. The lowest BCUT2D eigenvalue weighted by Crippen LogP contribution is -2.25. The highest BCUT2D eigenvalue weighted by molar-refractivity contribution is 7.89. The van der Waals surface area contributed by atoms with Gasteiger partial charge in [-0.05, 0) is 18.2 Å². The molecule has 5 nitrogen and oxygen atoms in total. The zero-order valence-electron chi connectivity index (χ0n) is 11.2. The summed E-state index contributed by atoms with van der Waals surface area (Å²) in [5.74, 6) is 0. The smallest absolute Gasteiger partial charge is 0.241 e. The molecule has 0 saturated heterocycles. The highest BCUT2D eigenvalue weighted by Crippen LogP contribution is 2.16. The molecule has 0 unspecified atom stereocenters. The van der Waals surface area contributed by atoms with Gasteiger partial charge < -0.3 is 5.32 Å². The van der Waals surface area contributed by atoms with Gasteiger partial charge in [-0.15, -0.1) is 11.3 Å². The number of rotatable bonds is 7. The fourth-order valence-electron chi connectivity index (χ4n) is 1.75. The standard InChI is InChI=1S/C13H17N3O2S2/c1-2-14-9-11-5-3-4-6-12(11)20(17,18)16-10-13-15-7-8-19-13/h3-8,14,16H,2,9-10H2,1H3. The molecule has 0 amide bonds. The van der Waals surface area contributed by atoms with Crippen molar-refractivity contribution in [2.45, 2.75) is 24.9 Å². The van der Waals surface area contributed by atoms with Crippen LogP contribution in [0.25, 0.3) is 0 Å². The van der Waals surface area contributed by atoms with E-state index in [9.17, 15) is 8.42 Å². The average molecular weight is 311 g/mol. The highest BCUT2D eigenvalue weighted by atomic mass is 32.2. The summed E-state index contributed by atoms with van der Waals surface area (Å²) in [5.41, 5.74) is 0.765. The molecular formula is C13H17N3O2S2. The number of aromatic nitrogens is 1. The fourth-order valence-corrected chi connectivity index (χ4v) is 3.62. The Morgan fingerprint density at radius 2 is 2.05 bits per heavy atom. The quantitative estimate of drug-likeness (QED) is 0.817. The first kappa shape index (κ1) is 15.1. The monoisotopic (exact) mass is 311 g/mol. The number of sulfonamides is 1. The molecule has 0 radical (unpaired) electrons. The van der Waals surface area contributed by atoms with Crippen LogP contribution in [0, 0.1) is 0 Å². The topological polar surface area (TPSA) is 71.1 Å². The Hall–Kier alpha value is -1.28. The summed E-state index contributed by atoms with van der Waals surface area (Å²) < 4.78 is 27.3. The second kappa shape index (κ2) is 6.94. The van der Waals surface area contributed by atoms with E-state index in [2.05, 4.69) is 15.0 Å². The lowest BCUT2D eigenvalue weighted by Gasteiger charge is -2.11. The fraction of sp³-hybridized carbons (Fsp3) is 0.308. The van der Waals surface area contributed by atoms with Gasteiger partial charge in [0.2, 0.25) is 10.0 Å². The predicted octanol–water partition coefficient (Wildman–Crippen LogP) is 1.73. The Labute approximate surface area is 123 Å². The molecule has 0 aliphatic carbocycles. The largest absolute Gasteiger partial charge is 0.313 e. The summed E-state index contributed by atoms with van der Waals surface area (Å²) >= 11 is 1.43. The first-order chi connectivity index (χ1) is 9.63. The number of nitrogens with one attached hydrogen (secondary N) is 2. The van der Waals surface area contributed by atoms with E-state index in [4.69, 9.17) is 0 Å². The van der Waals surface area contributed by atoms with Gasteiger partial charge in [0.05, 0.1) is 11.4 Å². The summed E-state index contributed by atoms with van der Waals surface area (Å²) in [5, 5.41) is 5.71. The van der Waals surface area contributed by atoms with Crippen LogP contribution in [0.1, 0.15) is 17.5 Å². The van der Waals surface area contributed by atoms with Crippen molar-refractivity contribution < 1.29 is 8.42 Å². The van der Waals surface area contributed by atoms with Crippen LogP contribution in [-0.2, 0) is 23.1 Å². The molecule has 0 fully saturated rings. The van der Waals surface area contributed by atoms with Crippen LogP contribution in [0.15, 0.2) is 40.7 Å². The van der Waals surface area contributed by atoms with E-state index in [1.165, 1.54) is 11.3 Å². The van der Waals surface area contributed by atoms with Crippen LogP contribution in [0.5, 0.6) is 0 Å². The first-order valence-electron chi connectivity index (χ1n) is 6.30. The van der Waals surface area contributed by atoms with E-state index in [0.717, 1.165) is 17.1 Å². The van der Waals surface area contributed by atoms with Gasteiger partial charge in [0.15, 0.2) is 0 Å². The van der Waals surface area contributed by atoms with Gasteiger partial charge in [0.25, 0.3) is 0 Å². The van der Waals surface area contributed by atoms with Gasteiger partial charge in [0.1, 0.15) is 5.01 Å². The van der Waals surface area contributed by atoms with Gasteiger partial charge in [-0.3, -0.25) is 0 Å². The number of hydrogen-bond acceptors (Lipinski definition) is 5. The molecule has 0 spiro atoms. The molecule has 20 heavy (non-hydrogen) atoms. The normalized spacial score (nSPS) is 11.7. The molecule has 108 valence electrons. The van der Waals surface area contributed by atoms with Crippen LogP contribution in [0.2, 0.25) is 0 Å². The minimum Gasteiger partial charge on any atom is -0.313 e. The molecule has 1 heterocycles. The number of thiazole rings is 1. The summed E-state index contributed by atoms with van der Waals surface area (Å²) in [6.07, 6.45) is 1.66. The molecule has 2 aromatic rings. The van der Waals surface area contributed by atoms with E-state index >= 15 is 0 Å². The van der Waals surface area contributed by atoms with Crippen molar-refractivity contribution in [3.8, 4) is 0 Å². The second-order valence-corrected chi connectivity index (χ2v) is 6.85. The Morgan fingerprint density at radius 1 is 1.25 bits per heavy atom. The van der Waals surface area contributed by atoms with Crippen LogP contribution >= 0.6 is 11.3 Å². The molecule has 0 aliphatic heterocycles. The minimum atomic E-state index is -3.52. The van der Waals surface area contributed by atoms with Crippen molar-refractivity contribution in [2.75, 3.05) is 6.54 Å². The van der Waals surface area contributed by atoms with E-state index in [-0.39, 0.29) is 6.54 Å². The van der Waals surface area contributed by atoms with E-state index in [0.29, 0.717) is 11.4 Å². The molecule has 0 aliphatic rings. The van der Waals surface area contributed by atoms with Gasteiger partial charge in [-0.2, -0.15) is 0 Å². The summed E-state index contributed by atoms with van der Waals surface area (Å²) in [6.45, 7) is 3.53. The summed E-state index contributed by atoms with van der Waals surface area (Å²) in [7, 11) is -3.52. The zero-order chi connectivity index (χ0) is 14.4. The average Bonchev–Trinajstić information content (AvgIpc) is 2.97. The molecule has 1 aromatic heterocycles. The van der Waals surface area contributed by atoms with Crippen molar-refractivity contribution in [2.24, 2.45) is 0 Å². The third kappa shape index (κ3) is 3.86. The maximum Gasteiger partial charge on any atom is 0.241 e. The molecule has 2 rings (SSSR count). The van der Waals surface area contributed by atoms with Gasteiger partial charge in [-0.1, -0.05) is 25.1 Å². The molecule has 1 aromatic carbocycles. The number of nitrogens with zero attached hydrogens (tertiary/aromatic N) is 1. The first-order valence-corrected chi connectivity index (χ1v) is 8.66. The van der Waals surface area contributed by atoms with Crippen molar-refractivity contribution in [3.05, 3.63) is 46.4 Å². The van der Waals surface area contributed by atoms with Gasteiger partial charge in [0, 0.05) is 18.1 Å². The van der Waals surface area contributed by atoms with Crippen molar-refractivity contribution in [1.82, 2.24) is 15.0 Å². The third-order valence-electron chi connectivity index (χ3n) is 2.72. The van der Waals surface area contributed by atoms with Crippen molar-refractivity contribution >= 4 is 21.4 Å². The number of hydrogen-bond donors (Lipinski definition) is 2. The maximum absolute atomic E-state index is 12.3. The Morgan fingerprint density at radius 3 is 2.75 bits per heavy atom. The van der Waals surface area contributed by atoms with Crippen molar-refractivity contribution in [1.29, 1.82) is 0 Å². The summed E-state index contributed by atoms with van der Waals surface area (Å²) in [6, 6.07) is 7.01. The third-order valence-corrected chi connectivity index (χ3v) is 5.01. The van der Waals surface area contributed by atoms with E-state index < -0.39 is 10.0 Å². The van der Waals surface area contributed by atoms with Gasteiger partial charge in [-0.25, -0.2) is 18.1 Å². The lowest BCUT2D eigenvalue weighted by molar-refractivity contribution is 0.578. The Balaban J connectivity index is 2.16. The minimum absolute atomic E-state index is 0.218. The van der Waals surface area contributed by atoms with Crippen LogP contribution in [0.4, 0.5) is 0 Å². The Kier molecular flexibility index (Phi) is 5.24. The van der Waals surface area contributed by atoms with Crippen LogP contribution in [-0.4, -0.2) is 19.9 Å². The lowest BCUT2D eigenvalue weighted by atomic mass is 10.2. The molecule has 0 bridgehead atoms. The molecule has 0 saturated carbocycles. The highest BCUT2D eigenvalue weighted by Gasteiger charge is 2.17. The molecule has 2 N–H and O–H groups in total. The van der Waals surface area contributed by atoms with Crippen LogP contribution < -0.4 is 10.0 Å². The van der Waals surface area contributed by atoms with E-state index in [1.807, 2.05) is 24.4 Å². The van der Waals surface area contributed by atoms with Gasteiger partial charge >= 0.3 is 0 Å². The molecule has 0 atom stereocenters.